The molecular weight excluding hydrogens is 412 g/mol. The van der Waals surface area contributed by atoms with Gasteiger partial charge in [0, 0.05) is 6.42 Å². The summed E-state index contributed by atoms with van der Waals surface area (Å²) in [7, 11) is 0. The molecule has 0 saturated carbocycles. The van der Waals surface area contributed by atoms with Crippen molar-refractivity contribution in [2.75, 3.05) is 0 Å². The number of carboxylic acids is 1. The molecule has 0 aliphatic rings. The van der Waals surface area contributed by atoms with Gasteiger partial charge in [0.1, 0.15) is 6.10 Å². The summed E-state index contributed by atoms with van der Waals surface area (Å²) in [6.07, 6.45) is 28.3. The fourth-order valence-corrected chi connectivity index (χ4v) is 4.13. The molecule has 4 nitrogen and oxygen atoms in total. The van der Waals surface area contributed by atoms with E-state index in [0.717, 1.165) is 44.9 Å². The van der Waals surface area contributed by atoms with E-state index in [4.69, 9.17) is 9.84 Å². The van der Waals surface area contributed by atoms with Gasteiger partial charge in [0.15, 0.2) is 0 Å². The lowest BCUT2D eigenvalue weighted by molar-refractivity contribution is -0.153. The summed E-state index contributed by atoms with van der Waals surface area (Å²) < 4.78 is 5.44. The lowest BCUT2D eigenvalue weighted by atomic mass is 10.1. The maximum atomic E-state index is 12.1. The number of ether oxygens (including phenoxy) is 1. The van der Waals surface area contributed by atoms with E-state index in [1.165, 1.54) is 77.0 Å². The van der Waals surface area contributed by atoms with Crippen molar-refractivity contribution in [3.05, 3.63) is 12.2 Å². The maximum absolute atomic E-state index is 12.1. The minimum absolute atomic E-state index is 0.0773. The summed E-state index contributed by atoms with van der Waals surface area (Å²) in [5.74, 6) is -1.12. The summed E-state index contributed by atoms with van der Waals surface area (Å²) in [6, 6.07) is 0. The number of hydrogen-bond acceptors (Lipinski definition) is 3. The number of rotatable bonds is 25. The van der Waals surface area contributed by atoms with E-state index in [9.17, 15) is 9.59 Å². The van der Waals surface area contributed by atoms with E-state index < -0.39 is 12.1 Å². The molecule has 0 rings (SSSR count). The highest BCUT2D eigenvalue weighted by molar-refractivity contribution is 5.71. The quantitative estimate of drug-likeness (QED) is 0.0827. The highest BCUT2D eigenvalue weighted by Crippen LogP contribution is 2.15. The van der Waals surface area contributed by atoms with Crippen LogP contribution in [-0.2, 0) is 14.3 Å². The molecule has 0 fully saturated rings. The average molecular weight is 467 g/mol. The van der Waals surface area contributed by atoms with Crippen molar-refractivity contribution in [2.24, 2.45) is 0 Å². The maximum Gasteiger partial charge on any atom is 0.307 e. The van der Waals surface area contributed by atoms with Crippen molar-refractivity contribution in [3.8, 4) is 0 Å². The van der Waals surface area contributed by atoms with Crippen LogP contribution in [0.5, 0.6) is 0 Å². The number of carbonyl (C=O) groups excluding carboxylic acids is 1. The second-order valence-corrected chi connectivity index (χ2v) is 9.60. The fourth-order valence-electron chi connectivity index (χ4n) is 4.13. The van der Waals surface area contributed by atoms with E-state index >= 15 is 0 Å². The molecule has 0 saturated heterocycles. The van der Waals surface area contributed by atoms with E-state index in [0.29, 0.717) is 12.8 Å². The van der Waals surface area contributed by atoms with Crippen molar-refractivity contribution < 1.29 is 19.4 Å². The zero-order valence-electron chi connectivity index (χ0n) is 22.0. The molecule has 1 N–H and O–H groups in total. The van der Waals surface area contributed by atoms with Crippen LogP contribution in [0.4, 0.5) is 0 Å². The third kappa shape index (κ3) is 25.1. The number of aliphatic carboxylic acids is 1. The van der Waals surface area contributed by atoms with Gasteiger partial charge in [-0.25, -0.2) is 0 Å². The van der Waals surface area contributed by atoms with Gasteiger partial charge in [-0.15, -0.1) is 0 Å². The van der Waals surface area contributed by atoms with Crippen LogP contribution in [0.2, 0.25) is 0 Å². The van der Waals surface area contributed by atoms with Gasteiger partial charge in [-0.3, -0.25) is 9.59 Å². The normalized spacial score (nSPS) is 12.3. The topological polar surface area (TPSA) is 63.6 Å². The van der Waals surface area contributed by atoms with Gasteiger partial charge in [-0.05, 0) is 44.9 Å². The first-order valence-corrected chi connectivity index (χ1v) is 14.2. The van der Waals surface area contributed by atoms with Gasteiger partial charge in [-0.2, -0.15) is 0 Å². The van der Waals surface area contributed by atoms with Crippen molar-refractivity contribution >= 4 is 11.9 Å². The largest absolute Gasteiger partial charge is 0.481 e. The number of unbranched alkanes of at least 4 members (excludes halogenated alkanes) is 16. The van der Waals surface area contributed by atoms with Crippen LogP contribution in [0.3, 0.4) is 0 Å². The van der Waals surface area contributed by atoms with E-state index in [-0.39, 0.29) is 12.4 Å². The Morgan fingerprint density at radius 1 is 0.667 bits per heavy atom. The summed E-state index contributed by atoms with van der Waals surface area (Å²) in [4.78, 5) is 23.1. The molecule has 33 heavy (non-hydrogen) atoms. The van der Waals surface area contributed by atoms with Crippen LogP contribution >= 0.6 is 0 Å². The Morgan fingerprint density at radius 3 is 1.64 bits per heavy atom. The monoisotopic (exact) mass is 466 g/mol. The van der Waals surface area contributed by atoms with Crippen molar-refractivity contribution in [1.82, 2.24) is 0 Å². The predicted molar refractivity (Wildman–Crippen MR) is 140 cm³/mol. The molecule has 0 bridgehead atoms. The summed E-state index contributed by atoms with van der Waals surface area (Å²) in [6.45, 7) is 4.41. The van der Waals surface area contributed by atoms with E-state index in [1.807, 2.05) is 0 Å². The molecule has 0 aromatic carbocycles. The fraction of sp³-hybridized carbons (Fsp3) is 0.862. The first-order valence-electron chi connectivity index (χ1n) is 14.2. The molecule has 1 atom stereocenters. The lowest BCUT2D eigenvalue weighted by Crippen LogP contribution is -2.21. The molecule has 0 aromatic heterocycles. The van der Waals surface area contributed by atoms with Crippen LogP contribution < -0.4 is 0 Å². The van der Waals surface area contributed by atoms with Gasteiger partial charge in [0.25, 0.3) is 0 Å². The van der Waals surface area contributed by atoms with E-state index in [2.05, 4.69) is 26.0 Å². The van der Waals surface area contributed by atoms with Gasteiger partial charge < -0.3 is 9.84 Å². The van der Waals surface area contributed by atoms with Crippen LogP contribution in [0.1, 0.15) is 155 Å². The first kappa shape index (κ1) is 31.7. The summed E-state index contributed by atoms with van der Waals surface area (Å²) >= 11 is 0. The highest BCUT2D eigenvalue weighted by Gasteiger charge is 2.17. The molecule has 0 aromatic rings. The molecule has 0 radical (unpaired) electrons. The molecule has 1 unspecified atom stereocenters. The second kappa shape index (κ2) is 25.3. The molecule has 0 heterocycles. The third-order valence-electron chi connectivity index (χ3n) is 6.22. The number of carboxylic acid groups (broad SMARTS) is 1. The zero-order valence-corrected chi connectivity index (χ0v) is 22.0. The molecular formula is C29H54O4. The van der Waals surface area contributed by atoms with Crippen LogP contribution in [-0.4, -0.2) is 23.1 Å². The van der Waals surface area contributed by atoms with Crippen LogP contribution in [0.25, 0.3) is 0 Å². The SMILES string of the molecule is CCCCCCCC/C=C\CCCCCCCCCC(=O)OC(CCCCCC)CC(=O)O. The Morgan fingerprint density at radius 2 is 1.12 bits per heavy atom. The van der Waals surface area contributed by atoms with Crippen LogP contribution in [0, 0.1) is 0 Å². The Labute approximate surface area is 204 Å². The van der Waals surface area contributed by atoms with Crippen molar-refractivity contribution in [2.45, 2.75) is 161 Å². The number of hydrogen-bond donors (Lipinski definition) is 1. The Hall–Kier alpha value is -1.32. The Kier molecular flexibility index (Phi) is 24.3. The Bertz CT molecular complexity index is 472. The van der Waals surface area contributed by atoms with Gasteiger partial charge in [-0.1, -0.05) is 109 Å². The molecule has 4 heteroatoms. The zero-order chi connectivity index (χ0) is 24.4. The average Bonchev–Trinajstić information content (AvgIpc) is 2.78. The molecule has 0 aliphatic carbocycles. The number of allylic oxidation sites excluding steroid dienone is 2. The van der Waals surface area contributed by atoms with Crippen LogP contribution in [0.15, 0.2) is 12.2 Å². The van der Waals surface area contributed by atoms with Gasteiger partial charge in [0.2, 0.25) is 0 Å². The smallest absolute Gasteiger partial charge is 0.307 e. The Balaban J connectivity index is 3.55. The summed E-state index contributed by atoms with van der Waals surface area (Å²) in [5.41, 5.74) is 0. The van der Waals surface area contributed by atoms with Crippen molar-refractivity contribution in [1.29, 1.82) is 0 Å². The first-order chi connectivity index (χ1) is 16.1. The van der Waals surface area contributed by atoms with E-state index in [1.54, 1.807) is 0 Å². The lowest BCUT2D eigenvalue weighted by Gasteiger charge is -2.16. The number of esters is 1. The molecule has 0 spiro atoms. The minimum atomic E-state index is -0.892. The number of carbonyl (C=O) groups is 2. The predicted octanol–water partition coefficient (Wildman–Crippen LogP) is 9.16. The molecule has 0 amide bonds. The second-order valence-electron chi connectivity index (χ2n) is 9.60. The van der Waals surface area contributed by atoms with Crippen molar-refractivity contribution in [3.63, 3.8) is 0 Å². The highest BCUT2D eigenvalue weighted by atomic mass is 16.5. The molecule has 194 valence electrons. The third-order valence-corrected chi connectivity index (χ3v) is 6.22. The van der Waals surface area contributed by atoms with Gasteiger partial charge in [0.05, 0.1) is 6.42 Å². The summed E-state index contributed by atoms with van der Waals surface area (Å²) in [5, 5.41) is 9.04. The minimum Gasteiger partial charge on any atom is -0.481 e. The standard InChI is InChI=1S/C29H54O4/c1-3-5-7-9-10-11-12-13-14-15-16-17-18-19-20-21-23-25-29(32)33-27(26-28(30)31)24-22-8-6-4-2/h13-14,27H,3-12,15-26H2,1-2H3,(H,30,31)/b14-13-. The van der Waals surface area contributed by atoms with Gasteiger partial charge >= 0.3 is 11.9 Å². The molecule has 0 aliphatic heterocycles.